The minimum absolute atomic E-state index is 0.433. The molecule has 0 amide bonds. The van der Waals surface area contributed by atoms with Gasteiger partial charge < -0.3 is 4.74 Å². The van der Waals surface area contributed by atoms with Crippen molar-refractivity contribution in [3.05, 3.63) is 53.3 Å². The summed E-state index contributed by atoms with van der Waals surface area (Å²) in [5.74, 6) is 0.873. The van der Waals surface area contributed by atoms with Gasteiger partial charge in [-0.25, -0.2) is 4.98 Å². The molecule has 1 aliphatic rings. The maximum Gasteiger partial charge on any atom is 0.123 e. The van der Waals surface area contributed by atoms with Crippen LogP contribution in [0.3, 0.4) is 0 Å². The van der Waals surface area contributed by atoms with Crippen LogP contribution in [0.5, 0.6) is 5.75 Å². The summed E-state index contributed by atoms with van der Waals surface area (Å²) in [4.78, 5) is 7.43. The number of hydrogen-bond donors (Lipinski definition) is 0. The molecule has 4 rings (SSSR count). The fourth-order valence-corrected chi connectivity index (χ4v) is 4.50. The first-order chi connectivity index (χ1) is 12.7. The normalized spacial score (nSPS) is 18.2. The molecule has 3 aromatic rings. The number of benzene rings is 1. The zero-order valence-electron chi connectivity index (χ0n) is 15.3. The van der Waals surface area contributed by atoms with E-state index >= 15 is 0 Å². The molecule has 1 aliphatic heterocycles. The van der Waals surface area contributed by atoms with Gasteiger partial charge in [0.1, 0.15) is 10.8 Å². The van der Waals surface area contributed by atoms with E-state index in [1.165, 1.54) is 25.0 Å². The minimum Gasteiger partial charge on any atom is -0.497 e. The van der Waals surface area contributed by atoms with Crippen LogP contribution in [0.1, 0.15) is 36.7 Å². The lowest BCUT2D eigenvalue weighted by Gasteiger charge is -2.35. The lowest BCUT2D eigenvalue weighted by atomic mass is 9.99. The molecule has 0 aliphatic carbocycles. The average molecular weight is 369 g/mol. The topological polar surface area (TPSA) is 43.2 Å². The van der Waals surface area contributed by atoms with Gasteiger partial charge in [-0.05, 0) is 49.7 Å². The summed E-state index contributed by atoms with van der Waals surface area (Å²) in [6.07, 6.45) is 5.62. The van der Waals surface area contributed by atoms with Crippen LogP contribution in [-0.2, 0) is 13.6 Å². The quantitative estimate of drug-likeness (QED) is 0.674. The Labute approximate surface area is 158 Å². The van der Waals surface area contributed by atoms with Crippen LogP contribution in [0.2, 0.25) is 0 Å². The van der Waals surface area contributed by atoms with Gasteiger partial charge in [0.15, 0.2) is 0 Å². The number of thiazole rings is 1. The van der Waals surface area contributed by atoms with Gasteiger partial charge >= 0.3 is 0 Å². The molecule has 2 aromatic heterocycles. The number of aromatic nitrogens is 3. The molecular weight excluding hydrogens is 344 g/mol. The molecule has 0 spiro atoms. The van der Waals surface area contributed by atoms with Gasteiger partial charge in [0.05, 0.1) is 24.5 Å². The Bertz CT molecular complexity index is 855. The number of hydrogen-bond acceptors (Lipinski definition) is 5. The van der Waals surface area contributed by atoms with Crippen LogP contribution in [0, 0.1) is 0 Å². The van der Waals surface area contributed by atoms with Crippen molar-refractivity contribution in [2.24, 2.45) is 7.05 Å². The summed E-state index contributed by atoms with van der Waals surface area (Å²) in [5.41, 5.74) is 3.59. The molecule has 0 bridgehead atoms. The van der Waals surface area contributed by atoms with Crippen molar-refractivity contribution in [1.82, 2.24) is 19.7 Å². The molecule has 26 heavy (non-hydrogen) atoms. The largest absolute Gasteiger partial charge is 0.497 e. The molecule has 3 heterocycles. The van der Waals surface area contributed by atoms with Crippen LogP contribution >= 0.6 is 11.3 Å². The lowest BCUT2D eigenvalue weighted by Crippen LogP contribution is -2.34. The third kappa shape index (κ3) is 3.52. The van der Waals surface area contributed by atoms with Crippen molar-refractivity contribution >= 4 is 11.3 Å². The highest BCUT2D eigenvalue weighted by atomic mass is 32.1. The standard InChI is InChI=1S/C20H24N4OS/c1-23-18(10-11-21-23)19-5-3-4-12-24(19)13-16-14-26-20(22-16)15-6-8-17(25-2)9-7-15/h6-11,14,19H,3-5,12-13H2,1-2H3/t19-/m0/s1. The Morgan fingerprint density at radius 1 is 1.19 bits per heavy atom. The van der Waals surface area contributed by atoms with Crippen molar-refractivity contribution in [3.8, 4) is 16.3 Å². The van der Waals surface area contributed by atoms with Crippen LogP contribution in [-0.4, -0.2) is 33.3 Å². The Morgan fingerprint density at radius 3 is 2.77 bits per heavy atom. The Morgan fingerprint density at radius 2 is 2.04 bits per heavy atom. The third-order valence-corrected chi connectivity index (χ3v) is 6.01. The maximum atomic E-state index is 5.24. The fraction of sp³-hybridized carbons (Fsp3) is 0.400. The maximum absolute atomic E-state index is 5.24. The SMILES string of the molecule is COc1ccc(-c2nc(CN3CCCC[C@H]3c3ccnn3C)cs2)cc1. The van der Waals surface area contributed by atoms with Gasteiger partial charge in [-0.15, -0.1) is 11.3 Å². The first kappa shape index (κ1) is 17.2. The molecule has 0 saturated carbocycles. The van der Waals surface area contributed by atoms with E-state index in [9.17, 15) is 0 Å². The molecular formula is C20H24N4OS. The second-order valence-electron chi connectivity index (χ2n) is 6.73. The molecule has 136 valence electrons. The highest BCUT2D eigenvalue weighted by Crippen LogP contribution is 2.33. The van der Waals surface area contributed by atoms with Crippen LogP contribution < -0.4 is 4.74 Å². The zero-order chi connectivity index (χ0) is 17.9. The summed E-state index contributed by atoms with van der Waals surface area (Å²) >= 11 is 1.71. The molecule has 1 fully saturated rings. The Kier molecular flexibility index (Phi) is 5.04. The van der Waals surface area contributed by atoms with Gasteiger partial charge in [0, 0.05) is 30.7 Å². The highest BCUT2D eigenvalue weighted by molar-refractivity contribution is 7.13. The smallest absolute Gasteiger partial charge is 0.123 e. The van der Waals surface area contributed by atoms with Crippen LogP contribution in [0.4, 0.5) is 0 Å². The van der Waals surface area contributed by atoms with Crippen molar-refractivity contribution in [2.45, 2.75) is 31.8 Å². The van der Waals surface area contributed by atoms with Crippen LogP contribution in [0.15, 0.2) is 41.9 Å². The molecule has 0 radical (unpaired) electrons. The second-order valence-corrected chi connectivity index (χ2v) is 7.59. The van der Waals surface area contributed by atoms with E-state index in [1.54, 1.807) is 18.4 Å². The zero-order valence-corrected chi connectivity index (χ0v) is 16.1. The van der Waals surface area contributed by atoms with Crippen LogP contribution in [0.25, 0.3) is 10.6 Å². The predicted molar refractivity (Wildman–Crippen MR) is 104 cm³/mol. The van der Waals surface area contributed by atoms with Gasteiger partial charge in [-0.2, -0.15) is 5.10 Å². The van der Waals surface area contributed by atoms with Crippen molar-refractivity contribution in [1.29, 1.82) is 0 Å². The lowest BCUT2D eigenvalue weighted by molar-refractivity contribution is 0.132. The number of methoxy groups -OCH3 is 1. The molecule has 1 atom stereocenters. The fourth-order valence-electron chi connectivity index (χ4n) is 3.68. The molecule has 0 unspecified atom stereocenters. The Hall–Kier alpha value is -2.18. The summed E-state index contributed by atoms with van der Waals surface area (Å²) in [6.45, 7) is 2.01. The van der Waals surface area contributed by atoms with E-state index < -0.39 is 0 Å². The van der Waals surface area contributed by atoms with E-state index in [1.807, 2.05) is 30.1 Å². The van der Waals surface area contributed by atoms with E-state index in [4.69, 9.17) is 9.72 Å². The first-order valence-electron chi connectivity index (χ1n) is 9.05. The van der Waals surface area contributed by atoms with Crippen molar-refractivity contribution in [3.63, 3.8) is 0 Å². The van der Waals surface area contributed by atoms with Crippen molar-refractivity contribution < 1.29 is 4.74 Å². The van der Waals surface area contributed by atoms with E-state index in [2.05, 4.69) is 33.6 Å². The molecule has 1 aromatic carbocycles. The summed E-state index contributed by atoms with van der Waals surface area (Å²) in [5, 5.41) is 7.61. The average Bonchev–Trinajstić information content (AvgIpc) is 3.31. The van der Waals surface area contributed by atoms with Gasteiger partial charge in [-0.1, -0.05) is 6.42 Å². The molecule has 1 saturated heterocycles. The number of nitrogens with zero attached hydrogens (tertiary/aromatic N) is 4. The highest BCUT2D eigenvalue weighted by Gasteiger charge is 2.26. The summed E-state index contributed by atoms with van der Waals surface area (Å²) < 4.78 is 7.24. The monoisotopic (exact) mass is 368 g/mol. The minimum atomic E-state index is 0.433. The van der Waals surface area contributed by atoms with E-state index in [-0.39, 0.29) is 0 Å². The van der Waals surface area contributed by atoms with Gasteiger partial charge in [0.25, 0.3) is 0 Å². The molecule has 5 nitrogen and oxygen atoms in total. The summed E-state index contributed by atoms with van der Waals surface area (Å²) in [7, 11) is 3.72. The van der Waals surface area contributed by atoms with E-state index in [0.29, 0.717) is 6.04 Å². The number of ether oxygens (including phenoxy) is 1. The number of aryl methyl sites for hydroxylation is 1. The second kappa shape index (κ2) is 7.60. The predicted octanol–water partition coefficient (Wildman–Crippen LogP) is 4.28. The first-order valence-corrected chi connectivity index (χ1v) is 9.93. The van der Waals surface area contributed by atoms with Gasteiger partial charge in [-0.3, -0.25) is 9.58 Å². The third-order valence-electron chi connectivity index (χ3n) is 5.07. The van der Waals surface area contributed by atoms with E-state index in [0.717, 1.165) is 35.1 Å². The molecule has 0 N–H and O–H groups in total. The van der Waals surface area contributed by atoms with Crippen molar-refractivity contribution in [2.75, 3.05) is 13.7 Å². The van der Waals surface area contributed by atoms with Gasteiger partial charge in [0.2, 0.25) is 0 Å². The number of rotatable bonds is 5. The molecule has 6 heteroatoms. The number of likely N-dealkylation sites (tertiary alicyclic amines) is 1. The Balaban J connectivity index is 1.51. The number of piperidine rings is 1. The summed E-state index contributed by atoms with van der Waals surface area (Å²) in [6, 6.07) is 10.7.